The molecule has 4 aromatic rings. The summed E-state index contributed by atoms with van der Waals surface area (Å²) in [7, 11) is 1.74. The molecule has 3 aromatic heterocycles. The minimum atomic E-state index is -0.371. The largest absolute Gasteiger partial charge is 0.379 e. The maximum atomic E-state index is 14.1. The van der Waals surface area contributed by atoms with E-state index in [1.54, 1.807) is 42.2 Å². The van der Waals surface area contributed by atoms with Crippen molar-refractivity contribution in [1.29, 1.82) is 0 Å². The van der Waals surface area contributed by atoms with Gasteiger partial charge in [-0.3, -0.25) is 14.4 Å². The van der Waals surface area contributed by atoms with E-state index in [2.05, 4.69) is 35.2 Å². The van der Waals surface area contributed by atoms with Crippen LogP contribution >= 0.6 is 0 Å². The Kier molecular flexibility index (Phi) is 6.31. The van der Waals surface area contributed by atoms with Gasteiger partial charge in [0.1, 0.15) is 22.8 Å². The number of anilines is 2. The molecule has 2 fully saturated rings. The minimum Gasteiger partial charge on any atom is -0.379 e. The first-order chi connectivity index (χ1) is 18.0. The lowest BCUT2D eigenvalue weighted by atomic mass is 10.0. The lowest BCUT2D eigenvalue weighted by Crippen LogP contribution is -2.49. The quantitative estimate of drug-likeness (QED) is 0.431. The van der Waals surface area contributed by atoms with Gasteiger partial charge in [-0.2, -0.15) is 5.10 Å². The molecule has 192 valence electrons. The van der Waals surface area contributed by atoms with Crippen LogP contribution in [0.2, 0.25) is 0 Å². The Morgan fingerprint density at radius 1 is 1.14 bits per heavy atom. The fourth-order valence-corrected chi connectivity index (χ4v) is 5.17. The van der Waals surface area contributed by atoms with E-state index in [9.17, 15) is 9.18 Å². The number of amides is 1. The third-order valence-corrected chi connectivity index (χ3v) is 7.19. The maximum Gasteiger partial charge on any atom is 0.258 e. The van der Waals surface area contributed by atoms with Crippen LogP contribution in [0.4, 0.5) is 16.0 Å². The first kappa shape index (κ1) is 23.6. The molecule has 0 radical (unpaired) electrons. The van der Waals surface area contributed by atoms with Crippen LogP contribution in [0.15, 0.2) is 42.6 Å². The van der Waals surface area contributed by atoms with Crippen LogP contribution in [0.3, 0.4) is 0 Å². The molecule has 0 unspecified atom stereocenters. The van der Waals surface area contributed by atoms with Crippen molar-refractivity contribution in [2.75, 3.05) is 49.6 Å². The highest BCUT2D eigenvalue weighted by atomic mass is 19.1. The van der Waals surface area contributed by atoms with Crippen LogP contribution < -0.4 is 10.2 Å². The number of imidazole rings is 1. The van der Waals surface area contributed by atoms with E-state index in [1.807, 2.05) is 6.07 Å². The zero-order chi connectivity index (χ0) is 25.4. The number of para-hydroxylation sites is 1. The van der Waals surface area contributed by atoms with Crippen molar-refractivity contribution in [2.45, 2.75) is 18.9 Å². The van der Waals surface area contributed by atoms with Gasteiger partial charge in [-0.25, -0.2) is 14.4 Å². The van der Waals surface area contributed by atoms with Gasteiger partial charge in [-0.05, 0) is 37.1 Å². The summed E-state index contributed by atoms with van der Waals surface area (Å²) in [5.41, 5.74) is 1.93. The van der Waals surface area contributed by atoms with E-state index >= 15 is 0 Å². The number of benzene rings is 1. The Morgan fingerprint density at radius 3 is 2.68 bits per heavy atom. The highest BCUT2D eigenvalue weighted by Crippen LogP contribution is 2.25. The fraction of sp³-hybridized carbons (Fsp3) is 0.385. The summed E-state index contributed by atoms with van der Waals surface area (Å²) in [6.45, 7) is 5.57. The molecule has 0 spiro atoms. The van der Waals surface area contributed by atoms with Crippen LogP contribution in [-0.2, 0) is 11.8 Å². The topological polar surface area (TPSA) is 104 Å². The van der Waals surface area contributed by atoms with Crippen LogP contribution in [-0.4, -0.2) is 81.0 Å². The molecule has 2 saturated heterocycles. The molecule has 1 amide bonds. The first-order valence-corrected chi connectivity index (χ1v) is 12.6. The van der Waals surface area contributed by atoms with Crippen molar-refractivity contribution in [3.05, 3.63) is 54.0 Å². The molecule has 0 aliphatic carbocycles. The summed E-state index contributed by atoms with van der Waals surface area (Å²) in [4.78, 5) is 29.7. The molecule has 0 atom stereocenters. The molecule has 2 aliphatic rings. The Balaban J connectivity index is 1.09. The van der Waals surface area contributed by atoms with Gasteiger partial charge in [0.05, 0.1) is 24.3 Å². The monoisotopic (exact) mass is 504 g/mol. The number of hydrogen-bond acceptors (Lipinski definition) is 7. The molecule has 5 heterocycles. The summed E-state index contributed by atoms with van der Waals surface area (Å²) in [5.74, 6) is 1.06. The Bertz CT molecular complexity index is 1400. The molecule has 10 nitrogen and oxygen atoms in total. The van der Waals surface area contributed by atoms with Gasteiger partial charge < -0.3 is 19.9 Å². The zero-order valence-corrected chi connectivity index (χ0v) is 20.7. The van der Waals surface area contributed by atoms with E-state index < -0.39 is 0 Å². The maximum absolute atomic E-state index is 14.1. The number of hydrogen-bond donors (Lipinski definition) is 2. The summed E-state index contributed by atoms with van der Waals surface area (Å²) in [6.07, 6.45) is 3.80. The van der Waals surface area contributed by atoms with E-state index in [0.717, 1.165) is 58.1 Å². The van der Waals surface area contributed by atoms with Crippen LogP contribution in [0.1, 0.15) is 23.2 Å². The number of nitrogens with zero attached hydrogens (tertiary/aromatic N) is 6. The third-order valence-electron chi connectivity index (χ3n) is 7.19. The van der Waals surface area contributed by atoms with Crippen molar-refractivity contribution in [1.82, 2.24) is 29.6 Å². The molecule has 37 heavy (non-hydrogen) atoms. The number of fused-ring (bicyclic) bond motifs is 1. The number of piperidine rings is 1. The van der Waals surface area contributed by atoms with Gasteiger partial charge in [-0.1, -0.05) is 6.07 Å². The standard InChI is InChI=1S/C26H29FN8O2/c1-33-21(25-29-20-4-2-3-19(27)24(20)31-25)15-22(32-33)30-26(36)17-5-6-23(28-16-17)35-9-7-18(8-10-35)34-11-13-37-14-12-34/h2-6,15-16,18H,7-14H2,1H3,(H,29,31)(H,30,32,36). The number of halogens is 1. The molecule has 0 saturated carbocycles. The molecule has 2 aliphatic heterocycles. The number of nitrogens with one attached hydrogen (secondary N) is 2. The SMILES string of the molecule is Cn1nc(NC(=O)c2ccc(N3CCC(N4CCOCC4)CC3)nc2)cc1-c1nc2cccc(F)c2[nH]1. The number of aryl methyl sites for hydroxylation is 1. The molecule has 0 bridgehead atoms. The first-order valence-electron chi connectivity index (χ1n) is 12.6. The number of morpholine rings is 1. The molecular formula is C26H29FN8O2. The number of carbonyl (C=O) groups excluding carboxylic acids is 1. The van der Waals surface area contributed by atoms with Gasteiger partial charge in [0, 0.05) is 51.5 Å². The second-order valence-electron chi connectivity index (χ2n) is 9.48. The van der Waals surface area contributed by atoms with Gasteiger partial charge >= 0.3 is 0 Å². The van der Waals surface area contributed by atoms with Crippen molar-refractivity contribution >= 4 is 28.6 Å². The Labute approximate surface area is 213 Å². The lowest BCUT2D eigenvalue weighted by molar-refractivity contribution is 0.0115. The van der Waals surface area contributed by atoms with E-state index in [1.165, 1.54) is 6.07 Å². The number of aromatic nitrogens is 5. The summed E-state index contributed by atoms with van der Waals surface area (Å²) in [5, 5.41) is 7.19. The van der Waals surface area contributed by atoms with Crippen molar-refractivity contribution in [3.63, 3.8) is 0 Å². The van der Waals surface area contributed by atoms with Gasteiger partial charge in [0.15, 0.2) is 11.6 Å². The zero-order valence-electron chi connectivity index (χ0n) is 20.7. The smallest absolute Gasteiger partial charge is 0.258 e. The van der Waals surface area contributed by atoms with E-state index in [-0.39, 0.29) is 11.7 Å². The fourth-order valence-electron chi connectivity index (χ4n) is 5.17. The summed E-state index contributed by atoms with van der Waals surface area (Å²) in [6, 6.07) is 10.7. The Hall–Kier alpha value is -3.83. The second kappa shape index (κ2) is 9.91. The van der Waals surface area contributed by atoms with Crippen molar-refractivity contribution < 1.29 is 13.9 Å². The third kappa shape index (κ3) is 4.79. The molecule has 1 aromatic carbocycles. The normalized spacial score (nSPS) is 17.4. The number of ether oxygens (including phenoxy) is 1. The lowest BCUT2D eigenvalue weighted by Gasteiger charge is -2.40. The summed E-state index contributed by atoms with van der Waals surface area (Å²) < 4.78 is 21.1. The van der Waals surface area contributed by atoms with Gasteiger partial charge in [0.25, 0.3) is 5.91 Å². The predicted molar refractivity (Wildman–Crippen MR) is 138 cm³/mol. The molecular weight excluding hydrogens is 475 g/mol. The summed E-state index contributed by atoms with van der Waals surface area (Å²) >= 11 is 0. The Morgan fingerprint density at radius 2 is 1.95 bits per heavy atom. The number of rotatable bonds is 5. The van der Waals surface area contributed by atoms with Crippen LogP contribution in [0, 0.1) is 5.82 Å². The highest BCUT2D eigenvalue weighted by molar-refractivity contribution is 6.03. The molecule has 11 heteroatoms. The minimum absolute atomic E-state index is 0.301. The second-order valence-corrected chi connectivity index (χ2v) is 9.48. The van der Waals surface area contributed by atoms with E-state index in [0.29, 0.717) is 40.0 Å². The van der Waals surface area contributed by atoms with Gasteiger partial charge in [0.2, 0.25) is 0 Å². The van der Waals surface area contributed by atoms with Crippen molar-refractivity contribution in [3.8, 4) is 11.5 Å². The average molecular weight is 505 g/mol. The van der Waals surface area contributed by atoms with Crippen LogP contribution in [0.5, 0.6) is 0 Å². The number of H-pyrrole nitrogens is 1. The predicted octanol–water partition coefficient (Wildman–Crippen LogP) is 3.05. The average Bonchev–Trinajstić information content (AvgIpc) is 3.53. The number of pyridine rings is 1. The van der Waals surface area contributed by atoms with Gasteiger partial charge in [-0.15, -0.1) is 0 Å². The van der Waals surface area contributed by atoms with Crippen LogP contribution in [0.25, 0.3) is 22.6 Å². The number of carbonyl (C=O) groups is 1. The van der Waals surface area contributed by atoms with Crippen molar-refractivity contribution in [2.24, 2.45) is 7.05 Å². The highest BCUT2D eigenvalue weighted by Gasteiger charge is 2.26. The number of aromatic amines is 1. The molecule has 2 N–H and O–H groups in total. The van der Waals surface area contributed by atoms with E-state index in [4.69, 9.17) is 4.74 Å². The molecule has 6 rings (SSSR count).